The lowest BCUT2D eigenvalue weighted by molar-refractivity contribution is 0.497. The van der Waals surface area contributed by atoms with Crippen molar-refractivity contribution in [3.05, 3.63) is 34.3 Å². The zero-order valence-electron chi connectivity index (χ0n) is 10.5. The normalized spacial score (nSPS) is 13.1. The van der Waals surface area contributed by atoms with Crippen LogP contribution in [0.2, 0.25) is 0 Å². The molecule has 0 heterocycles. The van der Waals surface area contributed by atoms with Crippen molar-refractivity contribution in [1.29, 1.82) is 0 Å². The third kappa shape index (κ3) is 5.13. The fourth-order valence-corrected chi connectivity index (χ4v) is 2.14. The Bertz CT molecular complexity index is 309. The summed E-state index contributed by atoms with van der Waals surface area (Å²) in [4.78, 5) is 0. The SMILES string of the molecule is CC(C)CCCN[C@H](C)c1cccc(Br)c1. The van der Waals surface area contributed by atoms with Crippen molar-refractivity contribution in [1.82, 2.24) is 5.32 Å². The summed E-state index contributed by atoms with van der Waals surface area (Å²) in [5.74, 6) is 0.808. The lowest BCUT2D eigenvalue weighted by atomic mass is 10.1. The molecule has 1 nitrogen and oxygen atoms in total. The maximum atomic E-state index is 3.56. The number of hydrogen-bond donors (Lipinski definition) is 1. The molecule has 1 atom stereocenters. The van der Waals surface area contributed by atoms with E-state index in [0.29, 0.717) is 6.04 Å². The number of halogens is 1. The van der Waals surface area contributed by atoms with Gasteiger partial charge in [-0.2, -0.15) is 0 Å². The Morgan fingerprint density at radius 1 is 1.25 bits per heavy atom. The third-order valence-electron chi connectivity index (χ3n) is 2.76. The second-order valence-electron chi connectivity index (χ2n) is 4.77. The topological polar surface area (TPSA) is 12.0 Å². The highest BCUT2D eigenvalue weighted by molar-refractivity contribution is 9.10. The average Bonchev–Trinajstić information content (AvgIpc) is 2.24. The van der Waals surface area contributed by atoms with Crippen LogP contribution in [0, 0.1) is 5.92 Å². The van der Waals surface area contributed by atoms with Crippen LogP contribution in [0.3, 0.4) is 0 Å². The van der Waals surface area contributed by atoms with Crippen molar-refractivity contribution in [2.75, 3.05) is 6.54 Å². The van der Waals surface area contributed by atoms with E-state index < -0.39 is 0 Å². The van der Waals surface area contributed by atoms with Gasteiger partial charge in [-0.3, -0.25) is 0 Å². The van der Waals surface area contributed by atoms with E-state index in [-0.39, 0.29) is 0 Å². The molecule has 0 amide bonds. The zero-order valence-corrected chi connectivity index (χ0v) is 12.0. The second kappa shape index (κ2) is 7.08. The maximum absolute atomic E-state index is 3.56. The van der Waals surface area contributed by atoms with Gasteiger partial charge in [0.25, 0.3) is 0 Å². The molecular weight excluding hydrogens is 262 g/mol. The van der Waals surface area contributed by atoms with Crippen LogP contribution in [-0.2, 0) is 0 Å². The maximum Gasteiger partial charge on any atom is 0.0292 e. The van der Waals surface area contributed by atoms with Gasteiger partial charge < -0.3 is 5.32 Å². The minimum Gasteiger partial charge on any atom is -0.310 e. The van der Waals surface area contributed by atoms with Crippen molar-refractivity contribution < 1.29 is 0 Å². The fourth-order valence-electron chi connectivity index (χ4n) is 1.72. The highest BCUT2D eigenvalue weighted by Crippen LogP contribution is 2.17. The number of hydrogen-bond acceptors (Lipinski definition) is 1. The summed E-state index contributed by atoms with van der Waals surface area (Å²) in [6.07, 6.45) is 2.56. The first kappa shape index (κ1) is 13.7. The van der Waals surface area contributed by atoms with Gasteiger partial charge in [0.2, 0.25) is 0 Å². The summed E-state index contributed by atoms with van der Waals surface area (Å²) >= 11 is 3.50. The van der Waals surface area contributed by atoms with Crippen LogP contribution in [-0.4, -0.2) is 6.54 Å². The molecule has 0 fully saturated rings. The summed E-state index contributed by atoms with van der Waals surface area (Å²) < 4.78 is 1.15. The van der Waals surface area contributed by atoms with Crippen LogP contribution in [0.15, 0.2) is 28.7 Å². The molecule has 1 N–H and O–H groups in total. The minimum atomic E-state index is 0.435. The Labute approximate surface area is 108 Å². The summed E-state index contributed by atoms with van der Waals surface area (Å²) in [6, 6.07) is 8.94. The zero-order chi connectivity index (χ0) is 12.0. The van der Waals surface area contributed by atoms with E-state index in [1.807, 2.05) is 0 Å². The number of nitrogens with one attached hydrogen (secondary N) is 1. The van der Waals surface area contributed by atoms with Crippen molar-refractivity contribution >= 4 is 15.9 Å². The van der Waals surface area contributed by atoms with E-state index >= 15 is 0 Å². The van der Waals surface area contributed by atoms with Crippen LogP contribution < -0.4 is 5.32 Å². The number of rotatable bonds is 6. The molecule has 0 aliphatic heterocycles. The molecule has 0 saturated carbocycles. The van der Waals surface area contributed by atoms with Gasteiger partial charge in [-0.1, -0.05) is 41.9 Å². The van der Waals surface area contributed by atoms with Gasteiger partial charge in [-0.25, -0.2) is 0 Å². The van der Waals surface area contributed by atoms with Gasteiger partial charge in [0.15, 0.2) is 0 Å². The standard InChI is InChI=1S/C14H22BrN/c1-11(2)6-5-9-16-12(3)13-7-4-8-14(15)10-13/h4,7-8,10-12,16H,5-6,9H2,1-3H3/t12-/m1/s1. The van der Waals surface area contributed by atoms with E-state index in [4.69, 9.17) is 0 Å². The average molecular weight is 284 g/mol. The monoisotopic (exact) mass is 283 g/mol. The lowest BCUT2D eigenvalue weighted by Gasteiger charge is -2.15. The Morgan fingerprint density at radius 3 is 2.62 bits per heavy atom. The smallest absolute Gasteiger partial charge is 0.0292 e. The largest absolute Gasteiger partial charge is 0.310 e. The molecule has 1 rings (SSSR count). The fraction of sp³-hybridized carbons (Fsp3) is 0.571. The van der Waals surface area contributed by atoms with Gasteiger partial charge in [0, 0.05) is 10.5 Å². The highest BCUT2D eigenvalue weighted by atomic mass is 79.9. The van der Waals surface area contributed by atoms with Crippen LogP contribution in [0.25, 0.3) is 0 Å². The van der Waals surface area contributed by atoms with Crippen molar-refractivity contribution in [3.8, 4) is 0 Å². The Morgan fingerprint density at radius 2 is 2.00 bits per heavy atom. The molecule has 0 aromatic heterocycles. The molecule has 16 heavy (non-hydrogen) atoms. The van der Waals surface area contributed by atoms with Crippen molar-refractivity contribution in [2.45, 2.75) is 39.7 Å². The quantitative estimate of drug-likeness (QED) is 0.756. The van der Waals surface area contributed by atoms with Gasteiger partial charge in [0.05, 0.1) is 0 Å². The van der Waals surface area contributed by atoms with Crippen LogP contribution >= 0.6 is 15.9 Å². The summed E-state index contributed by atoms with van der Waals surface area (Å²) in [6.45, 7) is 7.87. The number of benzene rings is 1. The summed E-state index contributed by atoms with van der Waals surface area (Å²) in [5, 5.41) is 3.56. The predicted octanol–water partition coefficient (Wildman–Crippen LogP) is 4.54. The Balaban J connectivity index is 2.32. The van der Waals surface area contributed by atoms with Crippen LogP contribution in [0.5, 0.6) is 0 Å². The molecule has 2 heteroatoms. The molecule has 0 aliphatic carbocycles. The third-order valence-corrected chi connectivity index (χ3v) is 3.25. The minimum absolute atomic E-state index is 0.435. The van der Waals surface area contributed by atoms with Crippen molar-refractivity contribution in [2.24, 2.45) is 5.92 Å². The molecule has 0 bridgehead atoms. The first-order valence-corrected chi connectivity index (χ1v) is 6.87. The van der Waals surface area contributed by atoms with E-state index in [1.54, 1.807) is 0 Å². The molecule has 0 spiro atoms. The van der Waals surface area contributed by atoms with Gasteiger partial charge in [-0.15, -0.1) is 0 Å². The van der Waals surface area contributed by atoms with Gasteiger partial charge >= 0.3 is 0 Å². The Kier molecular flexibility index (Phi) is 6.07. The molecular formula is C14H22BrN. The molecule has 1 aromatic carbocycles. The molecule has 0 saturated heterocycles. The Hall–Kier alpha value is -0.340. The van der Waals surface area contributed by atoms with Gasteiger partial charge in [0.1, 0.15) is 0 Å². The van der Waals surface area contributed by atoms with Crippen molar-refractivity contribution in [3.63, 3.8) is 0 Å². The van der Waals surface area contributed by atoms with E-state index in [9.17, 15) is 0 Å². The van der Waals surface area contributed by atoms with Gasteiger partial charge in [-0.05, 0) is 49.9 Å². The summed E-state index contributed by atoms with van der Waals surface area (Å²) in [5.41, 5.74) is 1.35. The first-order valence-electron chi connectivity index (χ1n) is 6.08. The second-order valence-corrected chi connectivity index (χ2v) is 5.68. The predicted molar refractivity (Wildman–Crippen MR) is 74.6 cm³/mol. The van der Waals surface area contributed by atoms with Crippen LogP contribution in [0.1, 0.15) is 45.2 Å². The molecule has 0 radical (unpaired) electrons. The molecule has 0 unspecified atom stereocenters. The first-order chi connectivity index (χ1) is 7.59. The van der Waals surface area contributed by atoms with Crippen LogP contribution in [0.4, 0.5) is 0 Å². The van der Waals surface area contributed by atoms with E-state index in [0.717, 1.165) is 16.9 Å². The van der Waals surface area contributed by atoms with E-state index in [2.05, 4.69) is 66.3 Å². The lowest BCUT2D eigenvalue weighted by Crippen LogP contribution is -2.20. The highest BCUT2D eigenvalue weighted by Gasteiger charge is 2.04. The molecule has 90 valence electrons. The summed E-state index contributed by atoms with van der Waals surface area (Å²) in [7, 11) is 0. The molecule has 1 aromatic rings. The van der Waals surface area contributed by atoms with E-state index in [1.165, 1.54) is 18.4 Å². The molecule has 0 aliphatic rings.